The van der Waals surface area contributed by atoms with Gasteiger partial charge in [-0.15, -0.1) is 0 Å². The van der Waals surface area contributed by atoms with E-state index in [2.05, 4.69) is 20.5 Å². The van der Waals surface area contributed by atoms with E-state index >= 15 is 0 Å². The number of benzene rings is 2. The van der Waals surface area contributed by atoms with Gasteiger partial charge in [0.15, 0.2) is 6.10 Å². The maximum Gasteiger partial charge on any atom is 0.257 e. The molecule has 0 aliphatic heterocycles. The van der Waals surface area contributed by atoms with Crippen LogP contribution in [0.3, 0.4) is 0 Å². The average Bonchev–Trinajstić information content (AvgIpc) is 3.45. The lowest BCUT2D eigenvalue weighted by Gasteiger charge is -2.12. The second-order valence-electron chi connectivity index (χ2n) is 7.59. The summed E-state index contributed by atoms with van der Waals surface area (Å²) in [6, 6.07) is 15.8. The molecule has 33 heavy (non-hydrogen) atoms. The van der Waals surface area contributed by atoms with Crippen molar-refractivity contribution < 1.29 is 9.90 Å². The second-order valence-corrected chi connectivity index (χ2v) is 8.03. The summed E-state index contributed by atoms with van der Waals surface area (Å²) >= 11 is 5.86. The Morgan fingerprint density at radius 2 is 1.76 bits per heavy atom. The van der Waals surface area contributed by atoms with Crippen molar-refractivity contribution in [1.29, 1.82) is 0 Å². The summed E-state index contributed by atoms with van der Waals surface area (Å²) in [6.07, 6.45) is 5.89. The predicted octanol–water partition coefficient (Wildman–Crippen LogP) is 4.12. The van der Waals surface area contributed by atoms with Crippen molar-refractivity contribution in [2.24, 2.45) is 7.05 Å². The molecule has 5 rings (SSSR count). The van der Waals surface area contributed by atoms with Crippen molar-refractivity contribution in [3.05, 3.63) is 90.1 Å². The minimum absolute atomic E-state index is 0.467. The molecule has 5 aromatic rings. The SMILES string of the molecule is Cn1cc(-c2cc3c(-c4ccc(NC(=O)C(O)c5ccc(Cl)cc5)cc4)ncnn3c2)cn1. The van der Waals surface area contributed by atoms with Gasteiger partial charge in [-0.2, -0.15) is 10.2 Å². The van der Waals surface area contributed by atoms with E-state index in [9.17, 15) is 9.90 Å². The number of aryl methyl sites for hydroxylation is 1. The Bertz CT molecular complexity index is 1440. The van der Waals surface area contributed by atoms with E-state index < -0.39 is 12.0 Å². The topological polar surface area (TPSA) is 97.3 Å². The number of nitrogens with one attached hydrogen (secondary N) is 1. The first-order valence-electron chi connectivity index (χ1n) is 10.2. The van der Waals surface area contributed by atoms with E-state index in [-0.39, 0.29) is 0 Å². The van der Waals surface area contributed by atoms with E-state index in [1.165, 1.54) is 6.33 Å². The molecule has 2 N–H and O–H groups in total. The quantitative estimate of drug-likeness (QED) is 0.413. The number of carbonyl (C=O) groups excluding carboxylic acids is 1. The highest BCUT2D eigenvalue weighted by Gasteiger charge is 2.18. The summed E-state index contributed by atoms with van der Waals surface area (Å²) in [5.41, 5.74) is 5.50. The highest BCUT2D eigenvalue weighted by molar-refractivity contribution is 6.30. The average molecular weight is 459 g/mol. The third-order valence-corrected chi connectivity index (χ3v) is 5.56. The number of aromatic nitrogens is 5. The van der Waals surface area contributed by atoms with E-state index in [0.717, 1.165) is 27.9 Å². The summed E-state index contributed by atoms with van der Waals surface area (Å²) < 4.78 is 3.53. The van der Waals surface area contributed by atoms with Gasteiger partial charge in [-0.05, 0) is 35.9 Å². The van der Waals surface area contributed by atoms with Gasteiger partial charge < -0.3 is 10.4 Å². The number of carbonyl (C=O) groups is 1. The lowest BCUT2D eigenvalue weighted by atomic mass is 10.1. The zero-order valence-corrected chi connectivity index (χ0v) is 18.3. The molecule has 0 spiro atoms. The van der Waals surface area contributed by atoms with Crippen molar-refractivity contribution in [2.45, 2.75) is 6.10 Å². The van der Waals surface area contributed by atoms with E-state index in [0.29, 0.717) is 16.3 Å². The number of halogens is 1. The number of nitrogens with zero attached hydrogens (tertiary/aromatic N) is 5. The molecule has 8 nitrogen and oxygen atoms in total. The van der Waals surface area contributed by atoms with Crippen LogP contribution in [0.5, 0.6) is 0 Å². The number of hydrogen-bond donors (Lipinski definition) is 2. The second kappa shape index (κ2) is 8.50. The maximum atomic E-state index is 12.4. The summed E-state index contributed by atoms with van der Waals surface area (Å²) in [6.45, 7) is 0. The van der Waals surface area contributed by atoms with Crippen LogP contribution < -0.4 is 5.32 Å². The fourth-order valence-electron chi connectivity index (χ4n) is 3.60. The molecule has 0 aliphatic rings. The molecule has 0 saturated heterocycles. The van der Waals surface area contributed by atoms with Gasteiger partial charge in [-0.3, -0.25) is 9.48 Å². The molecule has 2 aromatic carbocycles. The Labute approximate surface area is 194 Å². The molecular weight excluding hydrogens is 440 g/mol. The highest BCUT2D eigenvalue weighted by Crippen LogP contribution is 2.28. The highest BCUT2D eigenvalue weighted by atomic mass is 35.5. The molecule has 9 heteroatoms. The molecule has 0 bridgehead atoms. The number of amides is 1. The molecule has 1 unspecified atom stereocenters. The number of hydrogen-bond acceptors (Lipinski definition) is 5. The monoisotopic (exact) mass is 458 g/mol. The van der Waals surface area contributed by atoms with E-state index in [4.69, 9.17) is 11.6 Å². The first-order valence-corrected chi connectivity index (χ1v) is 10.5. The zero-order chi connectivity index (χ0) is 22.9. The van der Waals surface area contributed by atoms with Crippen molar-refractivity contribution in [1.82, 2.24) is 24.4 Å². The summed E-state index contributed by atoms with van der Waals surface area (Å²) in [4.78, 5) is 16.9. The number of rotatable bonds is 5. The summed E-state index contributed by atoms with van der Waals surface area (Å²) in [5.74, 6) is -0.526. The summed E-state index contributed by atoms with van der Waals surface area (Å²) in [5, 5.41) is 22.1. The number of aliphatic hydroxyl groups is 1. The van der Waals surface area contributed by atoms with Gasteiger partial charge in [0, 0.05) is 46.8 Å². The Morgan fingerprint density at radius 1 is 1.00 bits per heavy atom. The number of aliphatic hydroxyl groups excluding tert-OH is 1. The third-order valence-electron chi connectivity index (χ3n) is 5.30. The molecule has 3 heterocycles. The van der Waals surface area contributed by atoms with Crippen LogP contribution in [0.1, 0.15) is 11.7 Å². The van der Waals surface area contributed by atoms with Crippen LogP contribution in [0.25, 0.3) is 27.9 Å². The fourth-order valence-corrected chi connectivity index (χ4v) is 3.72. The molecule has 0 saturated carbocycles. The lowest BCUT2D eigenvalue weighted by molar-refractivity contribution is -0.124. The van der Waals surface area contributed by atoms with Crippen LogP contribution in [0.15, 0.2) is 79.5 Å². The van der Waals surface area contributed by atoms with Crippen molar-refractivity contribution in [3.8, 4) is 22.4 Å². The Hall–Kier alpha value is -4.01. The van der Waals surface area contributed by atoms with Crippen LogP contribution in [-0.4, -0.2) is 35.4 Å². The molecule has 3 aromatic heterocycles. The van der Waals surface area contributed by atoms with Crippen LogP contribution in [0.2, 0.25) is 5.02 Å². The van der Waals surface area contributed by atoms with Gasteiger partial charge in [0.05, 0.1) is 17.4 Å². The standard InChI is InChI=1S/C24H19ClN6O2/c1-30-12-18(11-27-30)17-10-21-22(26-14-28-31(21)13-17)15-4-8-20(9-5-15)29-24(33)23(32)16-2-6-19(25)7-3-16/h2-14,23,32H,1H3,(H,29,33). The van der Waals surface area contributed by atoms with Crippen LogP contribution in [0, 0.1) is 0 Å². The van der Waals surface area contributed by atoms with Crippen molar-refractivity contribution in [2.75, 3.05) is 5.32 Å². The molecular formula is C24H19ClN6O2. The first kappa shape index (κ1) is 20.9. The molecule has 0 fully saturated rings. The Balaban J connectivity index is 1.37. The van der Waals surface area contributed by atoms with E-state index in [1.807, 2.05) is 37.6 Å². The van der Waals surface area contributed by atoms with Gasteiger partial charge >= 0.3 is 0 Å². The van der Waals surface area contributed by atoms with Crippen LogP contribution >= 0.6 is 11.6 Å². The zero-order valence-electron chi connectivity index (χ0n) is 17.6. The van der Waals surface area contributed by atoms with Crippen molar-refractivity contribution >= 4 is 28.7 Å². The Kier molecular flexibility index (Phi) is 5.37. The normalized spacial score (nSPS) is 12.1. The van der Waals surface area contributed by atoms with Gasteiger partial charge in [0.1, 0.15) is 6.33 Å². The third kappa shape index (κ3) is 4.21. The van der Waals surface area contributed by atoms with Gasteiger partial charge in [0.25, 0.3) is 5.91 Å². The number of fused-ring (bicyclic) bond motifs is 1. The largest absolute Gasteiger partial charge is 0.378 e. The molecule has 1 amide bonds. The Morgan fingerprint density at radius 3 is 2.45 bits per heavy atom. The lowest BCUT2D eigenvalue weighted by Crippen LogP contribution is -2.20. The molecule has 1 atom stereocenters. The van der Waals surface area contributed by atoms with E-state index in [1.54, 1.807) is 51.8 Å². The molecule has 0 aliphatic carbocycles. The van der Waals surface area contributed by atoms with Crippen LogP contribution in [0.4, 0.5) is 5.69 Å². The van der Waals surface area contributed by atoms with Crippen molar-refractivity contribution in [3.63, 3.8) is 0 Å². The first-order chi connectivity index (χ1) is 16.0. The maximum absolute atomic E-state index is 12.4. The van der Waals surface area contributed by atoms with Gasteiger partial charge in [0.2, 0.25) is 0 Å². The minimum Gasteiger partial charge on any atom is -0.378 e. The van der Waals surface area contributed by atoms with Crippen LogP contribution in [-0.2, 0) is 11.8 Å². The minimum atomic E-state index is -1.30. The van der Waals surface area contributed by atoms with Gasteiger partial charge in [-0.25, -0.2) is 9.50 Å². The van der Waals surface area contributed by atoms with Gasteiger partial charge in [-0.1, -0.05) is 35.9 Å². The molecule has 164 valence electrons. The summed E-state index contributed by atoms with van der Waals surface area (Å²) in [7, 11) is 1.87. The number of anilines is 1. The fraction of sp³-hybridized carbons (Fsp3) is 0.0833. The predicted molar refractivity (Wildman–Crippen MR) is 126 cm³/mol. The smallest absolute Gasteiger partial charge is 0.257 e. The molecule has 0 radical (unpaired) electrons.